The van der Waals surface area contributed by atoms with Crippen LogP contribution in [0.5, 0.6) is 11.5 Å². The molecule has 5 N–H and O–H groups in total. The third kappa shape index (κ3) is 10.4. The lowest BCUT2D eigenvalue weighted by molar-refractivity contribution is 0.313. The Bertz CT molecular complexity index is 1140. The van der Waals surface area contributed by atoms with Crippen LogP contribution in [0.25, 0.3) is 15.8 Å². The van der Waals surface area contributed by atoms with Crippen LogP contribution in [-0.4, -0.2) is 59.5 Å². The Balaban J connectivity index is 0.000000481. The minimum Gasteiger partial charge on any atom is -0.456 e. The molecule has 0 saturated heterocycles. The number of hydrogen-bond acceptors (Lipinski definition) is 9. The number of thiazole rings is 1. The van der Waals surface area contributed by atoms with Crippen molar-refractivity contribution in [1.29, 1.82) is 0 Å². The maximum absolute atomic E-state index is 7.00. The van der Waals surface area contributed by atoms with Crippen LogP contribution in [0.1, 0.15) is 58.4 Å². The van der Waals surface area contributed by atoms with Crippen molar-refractivity contribution in [2.75, 3.05) is 39.0 Å². The van der Waals surface area contributed by atoms with Gasteiger partial charge in [0.15, 0.2) is 5.13 Å². The standard InChI is InChI=1S/C21H26N6OS.C7H14.CH4O/c1-3-27(4-2)8-7-24-13-16(11-22)15-9-18(14-25-12-15)28-17-5-6-19-20(10-17)29-21(23)26-19;1-7-5-3-2-4-6-7;1-2/h5-6,9-14H,3-4,7-8,22H2,1-2H3,(H2,23,26);7H,2-6H2,1H3;2H,1H3/b16-11+,24-13?;;. The molecule has 1 aromatic carbocycles. The molecule has 0 amide bonds. The molecule has 38 heavy (non-hydrogen) atoms. The van der Waals surface area contributed by atoms with E-state index in [1.807, 2.05) is 24.3 Å². The van der Waals surface area contributed by atoms with E-state index in [2.05, 4.69) is 40.6 Å². The highest BCUT2D eigenvalue weighted by Gasteiger charge is 2.07. The van der Waals surface area contributed by atoms with Crippen LogP contribution in [0.3, 0.4) is 0 Å². The van der Waals surface area contributed by atoms with Gasteiger partial charge in [-0.3, -0.25) is 9.98 Å². The quantitative estimate of drug-likeness (QED) is 0.286. The largest absolute Gasteiger partial charge is 0.456 e. The van der Waals surface area contributed by atoms with Gasteiger partial charge < -0.3 is 26.2 Å². The Kier molecular flexibility index (Phi) is 14.4. The third-order valence-electron chi connectivity index (χ3n) is 6.40. The van der Waals surface area contributed by atoms with Crippen LogP contribution in [0, 0.1) is 5.92 Å². The van der Waals surface area contributed by atoms with E-state index < -0.39 is 0 Å². The number of aromatic nitrogens is 2. The number of likely N-dealkylation sites (N-methyl/N-ethyl adjacent to an activating group) is 1. The first-order chi connectivity index (χ1) is 18.5. The highest BCUT2D eigenvalue weighted by molar-refractivity contribution is 7.22. The number of allylic oxidation sites excluding steroid dienone is 1. The third-order valence-corrected chi connectivity index (χ3v) is 7.25. The van der Waals surface area contributed by atoms with Gasteiger partial charge in [-0.25, -0.2) is 4.98 Å². The fourth-order valence-corrected chi connectivity index (χ4v) is 4.94. The molecule has 0 radical (unpaired) electrons. The summed E-state index contributed by atoms with van der Waals surface area (Å²) in [6.45, 7) is 10.4. The molecule has 1 fully saturated rings. The first-order valence-electron chi connectivity index (χ1n) is 13.4. The van der Waals surface area contributed by atoms with Gasteiger partial charge >= 0.3 is 0 Å². The summed E-state index contributed by atoms with van der Waals surface area (Å²) >= 11 is 1.43. The maximum Gasteiger partial charge on any atom is 0.181 e. The van der Waals surface area contributed by atoms with Gasteiger partial charge in [0.05, 0.1) is 23.0 Å². The zero-order chi connectivity index (χ0) is 27.8. The van der Waals surface area contributed by atoms with E-state index in [1.165, 1.54) is 49.6 Å². The predicted octanol–water partition coefficient (Wildman–Crippen LogP) is 5.97. The molecule has 1 saturated carbocycles. The van der Waals surface area contributed by atoms with Gasteiger partial charge in [0.25, 0.3) is 0 Å². The molecule has 2 heterocycles. The van der Waals surface area contributed by atoms with E-state index in [1.54, 1.807) is 18.6 Å². The van der Waals surface area contributed by atoms with E-state index in [-0.39, 0.29) is 0 Å². The number of rotatable bonds is 9. The summed E-state index contributed by atoms with van der Waals surface area (Å²) in [5.74, 6) is 2.36. The minimum atomic E-state index is 0.541. The van der Waals surface area contributed by atoms with Crippen molar-refractivity contribution in [3.63, 3.8) is 0 Å². The lowest BCUT2D eigenvalue weighted by Gasteiger charge is -2.15. The summed E-state index contributed by atoms with van der Waals surface area (Å²) in [5.41, 5.74) is 14.1. The van der Waals surface area contributed by atoms with Crippen LogP contribution < -0.4 is 16.2 Å². The zero-order valence-electron chi connectivity index (χ0n) is 23.3. The first-order valence-corrected chi connectivity index (χ1v) is 14.2. The maximum atomic E-state index is 7.00. The van der Waals surface area contributed by atoms with Gasteiger partial charge in [0, 0.05) is 49.5 Å². The van der Waals surface area contributed by atoms with Gasteiger partial charge in [0.1, 0.15) is 11.5 Å². The molecule has 1 aliphatic rings. The van der Waals surface area contributed by atoms with E-state index in [4.69, 9.17) is 21.3 Å². The molecule has 0 spiro atoms. The van der Waals surface area contributed by atoms with Crippen LogP contribution in [-0.2, 0) is 0 Å². The summed E-state index contributed by atoms with van der Waals surface area (Å²) in [4.78, 5) is 15.4. The van der Waals surface area contributed by atoms with Crippen molar-refractivity contribution in [3.8, 4) is 11.5 Å². The average Bonchev–Trinajstić information content (AvgIpc) is 3.32. The van der Waals surface area contributed by atoms with E-state index >= 15 is 0 Å². The van der Waals surface area contributed by atoms with E-state index in [9.17, 15) is 0 Å². The lowest BCUT2D eigenvalue weighted by atomic mass is 9.91. The summed E-state index contributed by atoms with van der Waals surface area (Å²) < 4.78 is 6.95. The van der Waals surface area contributed by atoms with Crippen molar-refractivity contribution < 1.29 is 9.84 Å². The minimum absolute atomic E-state index is 0.541. The second kappa shape index (κ2) is 17.5. The Morgan fingerprint density at radius 1 is 1.13 bits per heavy atom. The number of benzene rings is 1. The molecule has 9 heteroatoms. The molecule has 3 aromatic rings. The Hall–Kier alpha value is -3.01. The zero-order valence-corrected chi connectivity index (χ0v) is 24.1. The molecule has 4 rings (SSSR count). The topological polar surface area (TPSA) is 123 Å². The number of pyridine rings is 1. The fourth-order valence-electron chi connectivity index (χ4n) is 4.18. The number of fused-ring (bicyclic) bond motifs is 1. The van der Waals surface area contributed by atoms with Gasteiger partial charge in [-0.15, -0.1) is 0 Å². The molecule has 2 aromatic heterocycles. The summed E-state index contributed by atoms with van der Waals surface area (Å²) in [7, 11) is 1.00. The van der Waals surface area contributed by atoms with Crippen molar-refractivity contribution in [2.24, 2.45) is 16.6 Å². The average molecular weight is 541 g/mol. The molecule has 1 aliphatic carbocycles. The monoisotopic (exact) mass is 540 g/mol. The number of nitrogens with two attached hydrogens (primary N) is 2. The van der Waals surface area contributed by atoms with Crippen LogP contribution in [0.4, 0.5) is 5.13 Å². The molecule has 8 nitrogen and oxygen atoms in total. The summed E-state index contributed by atoms with van der Waals surface area (Å²) in [6.07, 6.45) is 14.2. The molecule has 0 bridgehead atoms. The number of hydrogen-bond donors (Lipinski definition) is 3. The second-order valence-electron chi connectivity index (χ2n) is 9.12. The highest BCUT2D eigenvalue weighted by atomic mass is 32.1. The number of nitrogens with zero attached hydrogens (tertiary/aromatic N) is 4. The molecular formula is C29H44N6O2S. The van der Waals surface area contributed by atoms with Crippen LogP contribution in [0.15, 0.2) is 47.9 Å². The number of aliphatic imine (C=N–C) groups is 1. The molecular weight excluding hydrogens is 496 g/mol. The van der Waals surface area contributed by atoms with E-state index in [0.717, 1.165) is 60.6 Å². The molecule has 0 atom stereocenters. The van der Waals surface area contributed by atoms with Gasteiger partial charge in [-0.1, -0.05) is 64.2 Å². The number of aliphatic hydroxyl groups excluding tert-OH is 1. The van der Waals surface area contributed by atoms with E-state index in [0.29, 0.717) is 16.6 Å². The highest BCUT2D eigenvalue weighted by Crippen LogP contribution is 2.30. The van der Waals surface area contributed by atoms with Crippen molar-refractivity contribution in [2.45, 2.75) is 52.9 Å². The Labute approximate surface area is 231 Å². The predicted molar refractivity (Wildman–Crippen MR) is 162 cm³/mol. The first kappa shape index (κ1) is 31.2. The van der Waals surface area contributed by atoms with Crippen molar-refractivity contribution in [1.82, 2.24) is 14.9 Å². The lowest BCUT2D eigenvalue weighted by Crippen LogP contribution is -2.25. The van der Waals surface area contributed by atoms with Crippen molar-refractivity contribution >= 4 is 38.5 Å². The smallest absolute Gasteiger partial charge is 0.181 e. The van der Waals surface area contributed by atoms with Gasteiger partial charge in [-0.05, 0) is 37.2 Å². The number of ether oxygens (including phenoxy) is 1. The van der Waals surface area contributed by atoms with Crippen molar-refractivity contribution in [3.05, 3.63) is 48.4 Å². The number of aliphatic hydroxyl groups is 1. The summed E-state index contributed by atoms with van der Waals surface area (Å²) in [5, 5.41) is 7.54. The number of nitrogen functional groups attached to an aromatic ring is 1. The summed E-state index contributed by atoms with van der Waals surface area (Å²) in [6, 6.07) is 7.57. The second-order valence-corrected chi connectivity index (χ2v) is 10.2. The van der Waals surface area contributed by atoms with Crippen LogP contribution >= 0.6 is 11.3 Å². The van der Waals surface area contributed by atoms with Gasteiger partial charge in [0.2, 0.25) is 0 Å². The number of anilines is 1. The van der Waals surface area contributed by atoms with Crippen LogP contribution in [0.2, 0.25) is 0 Å². The molecule has 208 valence electrons. The Morgan fingerprint density at radius 2 is 1.87 bits per heavy atom. The normalized spacial score (nSPS) is 14.2. The molecule has 0 aliphatic heterocycles. The SMILES string of the molecule is CC1CCCCC1.CCN(CC)CCN=C/C(=C\N)c1cncc(Oc2ccc3nc(N)sc3c2)c1.CO. The van der Waals surface area contributed by atoms with Gasteiger partial charge in [-0.2, -0.15) is 0 Å². The fraction of sp³-hybridized carbons (Fsp3) is 0.483. The molecule has 0 unspecified atom stereocenters. The Morgan fingerprint density at radius 3 is 2.50 bits per heavy atom.